The number of pyridine rings is 3. The third-order valence-electron chi connectivity index (χ3n) is 6.19. The highest BCUT2D eigenvalue weighted by molar-refractivity contribution is 7.91. The van der Waals surface area contributed by atoms with Crippen molar-refractivity contribution in [3.63, 3.8) is 0 Å². The molecule has 0 aliphatic carbocycles. The van der Waals surface area contributed by atoms with Crippen LogP contribution in [0.2, 0.25) is 5.02 Å². The van der Waals surface area contributed by atoms with Crippen LogP contribution in [0, 0.1) is 6.92 Å². The summed E-state index contributed by atoms with van der Waals surface area (Å²) in [6, 6.07) is 21.0. The van der Waals surface area contributed by atoms with Gasteiger partial charge in [0.15, 0.2) is 5.75 Å². The van der Waals surface area contributed by atoms with E-state index < -0.39 is 11.4 Å². The van der Waals surface area contributed by atoms with E-state index in [0.717, 1.165) is 33.3 Å². The zero-order chi connectivity index (χ0) is 26.2. The van der Waals surface area contributed by atoms with Gasteiger partial charge in [-0.25, -0.2) is 9.71 Å². The highest BCUT2D eigenvalue weighted by atomic mass is 35.5. The van der Waals surface area contributed by atoms with E-state index >= 15 is 0 Å². The average molecular weight is 541 g/mol. The molecular weight excluding hydrogens is 520 g/mol. The van der Waals surface area contributed by atoms with Crippen LogP contribution in [0.4, 0.5) is 5.69 Å². The number of rotatable bonds is 6. The van der Waals surface area contributed by atoms with Crippen molar-refractivity contribution in [2.45, 2.75) is 12.7 Å². The second kappa shape index (κ2) is 9.94. The first-order chi connectivity index (χ1) is 18.4. The lowest BCUT2D eigenvalue weighted by molar-refractivity contribution is 0.599. The molecule has 2 aromatic carbocycles. The molecule has 188 valence electrons. The minimum absolute atomic E-state index is 0.0156. The second-order valence-electron chi connectivity index (χ2n) is 8.88. The maximum absolute atomic E-state index is 12.9. The lowest BCUT2D eigenvalue weighted by Crippen LogP contribution is -2.21. The van der Waals surface area contributed by atoms with Gasteiger partial charge < -0.3 is 9.54 Å². The molecule has 0 radical (unpaired) electrons. The molecule has 0 spiro atoms. The molecule has 10 heteroatoms. The molecular formula is C28H21ClN6O2S. The number of aromatic nitrogens is 5. The number of nitrogens with one attached hydrogen (secondary N) is 3. The van der Waals surface area contributed by atoms with Crippen molar-refractivity contribution in [3.05, 3.63) is 106 Å². The number of anilines is 1. The summed E-state index contributed by atoms with van der Waals surface area (Å²) in [6.07, 6.45) is 3.34. The normalized spacial score (nSPS) is 12.2. The molecule has 0 saturated heterocycles. The molecule has 0 aliphatic heterocycles. The van der Waals surface area contributed by atoms with Crippen molar-refractivity contribution in [1.29, 1.82) is 0 Å². The van der Waals surface area contributed by atoms with Gasteiger partial charge in [0, 0.05) is 27.6 Å². The Labute approximate surface area is 225 Å². The number of nitrogens with zero attached hydrogens (tertiary/aromatic N) is 3. The molecule has 6 rings (SSSR count). The van der Waals surface area contributed by atoms with Crippen molar-refractivity contribution in [2.24, 2.45) is 0 Å². The van der Waals surface area contributed by atoms with Crippen LogP contribution in [0.1, 0.15) is 11.3 Å². The molecule has 1 atom stereocenters. The Bertz CT molecular complexity index is 1840. The molecule has 6 aromatic rings. The van der Waals surface area contributed by atoms with E-state index in [1.165, 1.54) is 0 Å². The van der Waals surface area contributed by atoms with Crippen molar-refractivity contribution >= 4 is 50.6 Å². The molecule has 0 fully saturated rings. The van der Waals surface area contributed by atoms with Gasteiger partial charge in [-0.1, -0.05) is 41.9 Å². The highest BCUT2D eigenvalue weighted by Crippen LogP contribution is 2.36. The van der Waals surface area contributed by atoms with E-state index in [-0.39, 0.29) is 11.3 Å². The van der Waals surface area contributed by atoms with Gasteiger partial charge in [0.2, 0.25) is 0 Å². The van der Waals surface area contributed by atoms with Crippen LogP contribution in [0.3, 0.4) is 0 Å². The maximum Gasteiger partial charge on any atom is 0.257 e. The zero-order valence-corrected chi connectivity index (χ0v) is 21.7. The lowest BCUT2D eigenvalue weighted by atomic mass is 9.97. The largest absolute Gasteiger partial charge is 0.593 e. The van der Waals surface area contributed by atoms with Gasteiger partial charge in [-0.15, -0.1) is 0 Å². The Hall–Kier alpha value is -4.18. The monoisotopic (exact) mass is 540 g/mol. The number of hydrogen-bond acceptors (Lipinski definition) is 6. The Kier molecular flexibility index (Phi) is 6.32. The van der Waals surface area contributed by atoms with Gasteiger partial charge in [-0.3, -0.25) is 14.9 Å². The Morgan fingerprint density at radius 3 is 2.63 bits per heavy atom. The van der Waals surface area contributed by atoms with Crippen molar-refractivity contribution < 1.29 is 4.55 Å². The molecule has 1 unspecified atom stereocenters. The molecule has 8 nitrogen and oxygen atoms in total. The molecule has 38 heavy (non-hydrogen) atoms. The van der Waals surface area contributed by atoms with Crippen LogP contribution in [-0.2, 0) is 17.1 Å². The summed E-state index contributed by atoms with van der Waals surface area (Å²) in [4.78, 5) is 24.9. The fourth-order valence-electron chi connectivity index (χ4n) is 4.33. The van der Waals surface area contributed by atoms with Gasteiger partial charge in [-0.2, -0.15) is 5.10 Å². The molecule has 0 aliphatic rings. The summed E-state index contributed by atoms with van der Waals surface area (Å²) in [5, 5.41) is 9.16. The van der Waals surface area contributed by atoms with Crippen molar-refractivity contribution in [2.75, 3.05) is 4.72 Å². The number of H-pyrrole nitrogens is 2. The van der Waals surface area contributed by atoms with Crippen LogP contribution < -0.4 is 10.3 Å². The number of fused-ring (bicyclic) bond motifs is 2. The molecule has 4 aromatic heterocycles. The van der Waals surface area contributed by atoms with E-state index in [4.69, 9.17) is 16.6 Å². The van der Waals surface area contributed by atoms with Gasteiger partial charge in [-0.05, 0) is 48.9 Å². The summed E-state index contributed by atoms with van der Waals surface area (Å²) in [5.74, 6) is 0.0156. The Balaban J connectivity index is 1.44. The van der Waals surface area contributed by atoms with E-state index in [1.807, 2.05) is 61.5 Å². The Morgan fingerprint density at radius 2 is 1.84 bits per heavy atom. The highest BCUT2D eigenvalue weighted by Gasteiger charge is 2.18. The van der Waals surface area contributed by atoms with Crippen LogP contribution in [0.25, 0.3) is 44.3 Å². The van der Waals surface area contributed by atoms with Gasteiger partial charge in [0.05, 0.1) is 51.2 Å². The van der Waals surface area contributed by atoms with Crippen LogP contribution in [-0.4, -0.2) is 29.7 Å². The third kappa shape index (κ3) is 4.74. The second-order valence-corrected chi connectivity index (χ2v) is 10.5. The third-order valence-corrected chi connectivity index (χ3v) is 7.53. The standard InChI is InChI=1S/C28H21ClN6O2S/c1-16-7-8-22(14-30-16)35-38(37)15-21-10-19-11-23(18-9-20-13-31-34-26(20)24(29)12-18)25(17-5-3-2-4-6-17)32-27(19)33-28(21)36/h2-14,35H,15H2,1H3,(H,31,34)(H,32,33,36). The fourth-order valence-corrected chi connectivity index (χ4v) is 5.55. The van der Waals surface area contributed by atoms with Crippen LogP contribution in [0.15, 0.2) is 83.9 Å². The summed E-state index contributed by atoms with van der Waals surface area (Å²) < 4.78 is 15.7. The molecule has 0 saturated carbocycles. The average Bonchev–Trinajstić information content (AvgIpc) is 3.40. The van der Waals surface area contributed by atoms with Crippen molar-refractivity contribution in [3.8, 4) is 22.4 Å². The van der Waals surface area contributed by atoms with E-state index in [1.54, 1.807) is 24.5 Å². The van der Waals surface area contributed by atoms with Crippen LogP contribution >= 0.6 is 11.6 Å². The van der Waals surface area contributed by atoms with E-state index in [9.17, 15) is 9.35 Å². The number of hydrogen-bond donors (Lipinski definition) is 3. The molecule has 0 amide bonds. The molecule has 3 N–H and O–H groups in total. The quantitative estimate of drug-likeness (QED) is 0.231. The summed E-state index contributed by atoms with van der Waals surface area (Å²) in [7, 11) is 0. The van der Waals surface area contributed by atoms with Gasteiger partial charge in [0.25, 0.3) is 5.56 Å². The minimum Gasteiger partial charge on any atom is -0.593 e. The lowest BCUT2D eigenvalue weighted by Gasteiger charge is -2.14. The van der Waals surface area contributed by atoms with Gasteiger partial charge >= 0.3 is 0 Å². The molecule has 0 bridgehead atoms. The fraction of sp³-hybridized carbons (Fsp3) is 0.0714. The minimum atomic E-state index is -1.53. The topological polar surface area (TPSA) is 122 Å². The van der Waals surface area contributed by atoms with Gasteiger partial charge in [0.1, 0.15) is 5.65 Å². The maximum atomic E-state index is 12.9. The summed E-state index contributed by atoms with van der Waals surface area (Å²) in [5.41, 5.74) is 6.04. The first-order valence-electron chi connectivity index (χ1n) is 11.8. The Morgan fingerprint density at radius 1 is 1.00 bits per heavy atom. The predicted octanol–water partition coefficient (Wildman–Crippen LogP) is 5.77. The SMILES string of the molecule is Cc1ccc(N[S+]([O-])Cc2cc3cc(-c4cc(Cl)c5[nH]ncc5c4)c(-c4ccccc4)nc3[nH]c2=O)cn1. The summed E-state index contributed by atoms with van der Waals surface area (Å²) in [6.45, 7) is 1.88. The van der Waals surface area contributed by atoms with Crippen molar-refractivity contribution in [1.82, 2.24) is 25.1 Å². The van der Waals surface area contributed by atoms with E-state index in [0.29, 0.717) is 33.0 Å². The number of halogens is 1. The molecule has 4 heterocycles. The predicted molar refractivity (Wildman–Crippen MR) is 152 cm³/mol. The zero-order valence-electron chi connectivity index (χ0n) is 20.2. The van der Waals surface area contributed by atoms with E-state index in [2.05, 4.69) is 24.9 Å². The van der Waals surface area contributed by atoms with Crippen LogP contribution in [0.5, 0.6) is 0 Å². The first kappa shape index (κ1) is 24.2. The smallest absolute Gasteiger partial charge is 0.257 e. The number of aromatic amines is 2. The first-order valence-corrected chi connectivity index (χ1v) is 13.5. The summed E-state index contributed by atoms with van der Waals surface area (Å²) >= 11 is 5.03. The number of benzene rings is 2. The number of aryl methyl sites for hydroxylation is 1.